The highest BCUT2D eigenvalue weighted by atomic mass is 16.2. The molecule has 5 heteroatoms. The quantitative estimate of drug-likeness (QED) is 0.854. The van der Waals surface area contributed by atoms with Gasteiger partial charge in [-0.25, -0.2) is 5.01 Å². The number of hydrogen-bond donors (Lipinski definition) is 1. The second kappa shape index (κ2) is 5.86. The molecule has 1 N–H and O–H groups in total. The van der Waals surface area contributed by atoms with Crippen molar-refractivity contribution in [2.75, 3.05) is 11.9 Å². The first kappa shape index (κ1) is 14.2. The number of nitrogens with zero attached hydrogens (tertiary/aromatic N) is 2. The molecule has 0 bridgehead atoms. The highest BCUT2D eigenvalue weighted by molar-refractivity contribution is 6.24. The van der Waals surface area contributed by atoms with Crippen LogP contribution in [-0.4, -0.2) is 29.1 Å². The third-order valence-corrected chi connectivity index (χ3v) is 3.04. The Kier molecular flexibility index (Phi) is 4.17. The standard InChI is InChI=1S/C15H19N3O2/c1-10(2)9-18-15(20)13(11(3)17-18)14(19)16-12-7-5-4-6-8-12/h4-8,10,13H,9H2,1-3H3,(H,16,19)/t13-/m1/s1. The lowest BCUT2D eigenvalue weighted by Crippen LogP contribution is -2.37. The van der Waals surface area contributed by atoms with Crippen LogP contribution in [-0.2, 0) is 9.59 Å². The Hall–Kier alpha value is -2.17. The van der Waals surface area contributed by atoms with E-state index in [1.165, 1.54) is 5.01 Å². The van der Waals surface area contributed by atoms with E-state index in [2.05, 4.69) is 10.4 Å². The number of nitrogens with one attached hydrogen (secondary N) is 1. The van der Waals surface area contributed by atoms with Crippen molar-refractivity contribution in [1.29, 1.82) is 0 Å². The van der Waals surface area contributed by atoms with Gasteiger partial charge in [-0.2, -0.15) is 5.10 Å². The maximum absolute atomic E-state index is 12.2. The fraction of sp³-hybridized carbons (Fsp3) is 0.400. The van der Waals surface area contributed by atoms with E-state index in [9.17, 15) is 9.59 Å². The summed E-state index contributed by atoms with van der Waals surface area (Å²) >= 11 is 0. The summed E-state index contributed by atoms with van der Waals surface area (Å²) in [6.07, 6.45) is 0. The topological polar surface area (TPSA) is 61.8 Å². The average molecular weight is 273 g/mol. The van der Waals surface area contributed by atoms with Gasteiger partial charge in [-0.1, -0.05) is 32.0 Å². The third-order valence-electron chi connectivity index (χ3n) is 3.04. The van der Waals surface area contributed by atoms with E-state index >= 15 is 0 Å². The summed E-state index contributed by atoms with van der Waals surface area (Å²) < 4.78 is 0. The molecule has 0 unspecified atom stereocenters. The lowest BCUT2D eigenvalue weighted by molar-refractivity contribution is -0.136. The van der Waals surface area contributed by atoms with Crippen molar-refractivity contribution in [2.45, 2.75) is 20.8 Å². The molecular formula is C15H19N3O2. The van der Waals surface area contributed by atoms with Gasteiger partial charge in [0.2, 0.25) is 5.91 Å². The van der Waals surface area contributed by atoms with E-state index in [-0.39, 0.29) is 11.8 Å². The highest BCUT2D eigenvalue weighted by Crippen LogP contribution is 2.19. The molecule has 0 aliphatic carbocycles. The molecule has 0 aromatic heterocycles. The lowest BCUT2D eigenvalue weighted by Gasteiger charge is -2.16. The van der Waals surface area contributed by atoms with Crippen LogP contribution in [0, 0.1) is 11.8 Å². The van der Waals surface area contributed by atoms with Crippen LogP contribution in [0.4, 0.5) is 5.69 Å². The molecule has 1 aliphatic heterocycles. The molecule has 5 nitrogen and oxygen atoms in total. The first-order valence-corrected chi connectivity index (χ1v) is 6.71. The Bertz CT molecular complexity index is 537. The SMILES string of the molecule is CC1=NN(CC(C)C)C(=O)[C@H]1C(=O)Nc1ccccc1. The molecule has 20 heavy (non-hydrogen) atoms. The largest absolute Gasteiger partial charge is 0.325 e. The molecule has 0 spiro atoms. The maximum atomic E-state index is 12.2. The first-order chi connectivity index (χ1) is 9.49. The molecule has 1 aromatic rings. The van der Waals surface area contributed by atoms with Crippen molar-refractivity contribution in [3.8, 4) is 0 Å². The van der Waals surface area contributed by atoms with Crippen LogP contribution >= 0.6 is 0 Å². The molecular weight excluding hydrogens is 254 g/mol. The van der Waals surface area contributed by atoms with Crippen LogP contribution in [0.15, 0.2) is 35.4 Å². The summed E-state index contributed by atoms with van der Waals surface area (Å²) in [5.74, 6) is -1.07. The zero-order valence-corrected chi connectivity index (χ0v) is 12.0. The number of carbonyl (C=O) groups is 2. The molecule has 1 aliphatic rings. The van der Waals surface area contributed by atoms with Crippen LogP contribution in [0.3, 0.4) is 0 Å². The Balaban J connectivity index is 2.08. The van der Waals surface area contributed by atoms with Gasteiger partial charge in [0.05, 0.1) is 5.71 Å². The minimum Gasteiger partial charge on any atom is -0.325 e. The van der Waals surface area contributed by atoms with Gasteiger partial charge in [-0.3, -0.25) is 9.59 Å². The van der Waals surface area contributed by atoms with Crippen molar-refractivity contribution in [3.63, 3.8) is 0 Å². The molecule has 0 saturated carbocycles. The summed E-state index contributed by atoms with van der Waals surface area (Å²) in [7, 11) is 0. The maximum Gasteiger partial charge on any atom is 0.261 e. The molecule has 0 saturated heterocycles. The summed E-state index contributed by atoms with van der Waals surface area (Å²) in [4.78, 5) is 24.5. The van der Waals surface area contributed by atoms with Crippen LogP contribution in [0.25, 0.3) is 0 Å². The summed E-state index contributed by atoms with van der Waals surface area (Å²) in [6, 6.07) is 9.11. The number of hydrogen-bond acceptors (Lipinski definition) is 3. The Morgan fingerprint density at radius 2 is 2.00 bits per heavy atom. The molecule has 2 amide bonds. The van der Waals surface area contributed by atoms with E-state index in [1.54, 1.807) is 19.1 Å². The second-order valence-electron chi connectivity index (χ2n) is 5.34. The Morgan fingerprint density at radius 1 is 1.35 bits per heavy atom. The monoisotopic (exact) mass is 273 g/mol. The third kappa shape index (κ3) is 3.04. The van der Waals surface area contributed by atoms with Crippen LogP contribution in [0.5, 0.6) is 0 Å². The molecule has 1 aromatic carbocycles. The summed E-state index contributed by atoms with van der Waals surface area (Å²) in [6.45, 7) is 6.27. The van der Waals surface area contributed by atoms with E-state index in [1.807, 2.05) is 32.0 Å². The smallest absolute Gasteiger partial charge is 0.261 e. The fourth-order valence-corrected chi connectivity index (χ4v) is 2.14. The van der Waals surface area contributed by atoms with E-state index in [0.29, 0.717) is 23.9 Å². The van der Waals surface area contributed by atoms with Crippen LogP contribution in [0.2, 0.25) is 0 Å². The number of carbonyl (C=O) groups excluding carboxylic acids is 2. The Labute approximate surface area is 118 Å². The van der Waals surface area contributed by atoms with Crippen molar-refractivity contribution < 1.29 is 9.59 Å². The van der Waals surface area contributed by atoms with Crippen molar-refractivity contribution >= 4 is 23.2 Å². The van der Waals surface area contributed by atoms with Gasteiger partial charge in [0.25, 0.3) is 5.91 Å². The molecule has 1 atom stereocenters. The zero-order valence-electron chi connectivity index (χ0n) is 12.0. The predicted molar refractivity (Wildman–Crippen MR) is 78.2 cm³/mol. The first-order valence-electron chi connectivity index (χ1n) is 6.71. The Morgan fingerprint density at radius 3 is 2.60 bits per heavy atom. The molecule has 0 fully saturated rings. The molecule has 106 valence electrons. The predicted octanol–water partition coefficient (Wildman–Crippen LogP) is 2.12. The molecule has 0 radical (unpaired) electrons. The fourth-order valence-electron chi connectivity index (χ4n) is 2.14. The van der Waals surface area contributed by atoms with E-state index < -0.39 is 5.92 Å². The molecule has 2 rings (SSSR count). The average Bonchev–Trinajstić information content (AvgIpc) is 2.64. The van der Waals surface area contributed by atoms with Gasteiger partial charge in [-0.15, -0.1) is 0 Å². The number of anilines is 1. The summed E-state index contributed by atoms with van der Waals surface area (Å²) in [5.41, 5.74) is 1.23. The van der Waals surface area contributed by atoms with Crippen molar-refractivity contribution in [3.05, 3.63) is 30.3 Å². The number of benzene rings is 1. The lowest BCUT2D eigenvalue weighted by atomic mass is 10.0. The normalized spacial score (nSPS) is 18.4. The number of rotatable bonds is 4. The number of hydrazone groups is 1. The van der Waals surface area contributed by atoms with Gasteiger partial charge >= 0.3 is 0 Å². The van der Waals surface area contributed by atoms with Gasteiger partial charge in [-0.05, 0) is 25.0 Å². The second-order valence-corrected chi connectivity index (χ2v) is 5.34. The van der Waals surface area contributed by atoms with Crippen molar-refractivity contribution in [2.24, 2.45) is 16.9 Å². The number of amides is 2. The van der Waals surface area contributed by atoms with Gasteiger partial charge in [0.15, 0.2) is 5.92 Å². The van der Waals surface area contributed by atoms with Gasteiger partial charge in [0, 0.05) is 12.2 Å². The van der Waals surface area contributed by atoms with E-state index in [0.717, 1.165) is 0 Å². The van der Waals surface area contributed by atoms with Gasteiger partial charge < -0.3 is 5.32 Å². The highest BCUT2D eigenvalue weighted by Gasteiger charge is 2.39. The molecule has 1 heterocycles. The van der Waals surface area contributed by atoms with Gasteiger partial charge in [0.1, 0.15) is 0 Å². The minimum absolute atomic E-state index is 0.246. The zero-order chi connectivity index (χ0) is 14.7. The van der Waals surface area contributed by atoms with Crippen LogP contribution in [0.1, 0.15) is 20.8 Å². The van der Waals surface area contributed by atoms with Crippen molar-refractivity contribution in [1.82, 2.24) is 5.01 Å². The summed E-state index contributed by atoms with van der Waals surface area (Å²) in [5, 5.41) is 8.34. The minimum atomic E-state index is -0.811. The van der Waals surface area contributed by atoms with E-state index in [4.69, 9.17) is 0 Å². The number of para-hydroxylation sites is 1. The van der Waals surface area contributed by atoms with Crippen LogP contribution < -0.4 is 5.32 Å².